The number of aliphatic hydroxyl groups excluding tert-OH is 1. The summed E-state index contributed by atoms with van der Waals surface area (Å²) in [7, 11) is 1.60. The number of pyridine rings is 1. The van der Waals surface area contributed by atoms with E-state index in [1.54, 1.807) is 49.7 Å². The van der Waals surface area contributed by atoms with Gasteiger partial charge in [-0.05, 0) is 54.3 Å². The second-order valence-corrected chi connectivity index (χ2v) is 9.38. The fraction of sp³-hybridized carbons (Fsp3) is 0.250. The number of carbonyl (C=O) groups excluding carboxylic acids is 2. The molecule has 1 unspecified atom stereocenters. The number of anilines is 1. The number of methoxy groups -OCH3 is 1. The zero-order valence-electron chi connectivity index (χ0n) is 20.0. The van der Waals surface area contributed by atoms with Crippen LogP contribution in [0.15, 0.2) is 72.4 Å². The van der Waals surface area contributed by atoms with Crippen molar-refractivity contribution >= 4 is 23.1 Å². The zero-order valence-corrected chi connectivity index (χ0v) is 20.0. The number of aryl methyl sites for hydroxylation is 1. The van der Waals surface area contributed by atoms with Gasteiger partial charge >= 0.3 is 0 Å². The lowest BCUT2D eigenvalue weighted by atomic mass is 9.84. The average molecular weight is 457 g/mol. The number of amides is 1. The number of benzene rings is 2. The topological polar surface area (TPSA) is 79.7 Å². The molecule has 0 bridgehead atoms. The summed E-state index contributed by atoms with van der Waals surface area (Å²) in [4.78, 5) is 32.5. The molecule has 2 aromatic carbocycles. The minimum absolute atomic E-state index is 0.0111. The number of carbonyl (C=O) groups is 2. The third kappa shape index (κ3) is 3.96. The highest BCUT2D eigenvalue weighted by atomic mass is 16.5. The van der Waals surface area contributed by atoms with Crippen LogP contribution in [0.4, 0.5) is 5.69 Å². The Morgan fingerprint density at radius 2 is 1.74 bits per heavy atom. The van der Waals surface area contributed by atoms with Crippen LogP contribution < -0.4 is 9.64 Å². The van der Waals surface area contributed by atoms with Gasteiger partial charge in [0.15, 0.2) is 0 Å². The molecule has 1 aliphatic heterocycles. The fourth-order valence-electron chi connectivity index (χ4n) is 4.33. The van der Waals surface area contributed by atoms with Gasteiger partial charge in [0, 0.05) is 23.0 Å². The number of para-hydroxylation sites is 1. The summed E-state index contributed by atoms with van der Waals surface area (Å²) in [6.07, 6.45) is 1.61. The van der Waals surface area contributed by atoms with Gasteiger partial charge in [0.2, 0.25) is 0 Å². The van der Waals surface area contributed by atoms with Crippen molar-refractivity contribution in [2.45, 2.75) is 39.2 Å². The first-order chi connectivity index (χ1) is 16.1. The summed E-state index contributed by atoms with van der Waals surface area (Å²) in [5, 5.41) is 11.4. The Balaban J connectivity index is 1.97. The Bertz CT molecular complexity index is 1290. The third-order valence-electron chi connectivity index (χ3n) is 6.07. The van der Waals surface area contributed by atoms with Crippen molar-refractivity contribution in [3.05, 3.63) is 94.8 Å². The number of ketones is 1. The molecular weight excluding hydrogens is 428 g/mol. The summed E-state index contributed by atoms with van der Waals surface area (Å²) in [6, 6.07) is 17.1. The summed E-state index contributed by atoms with van der Waals surface area (Å²) in [5.74, 6) is -0.996. The molecule has 34 heavy (non-hydrogen) atoms. The Morgan fingerprint density at radius 3 is 2.35 bits per heavy atom. The first-order valence-corrected chi connectivity index (χ1v) is 11.1. The molecule has 4 rings (SSSR count). The molecule has 6 nitrogen and oxygen atoms in total. The van der Waals surface area contributed by atoms with E-state index in [9.17, 15) is 14.7 Å². The van der Waals surface area contributed by atoms with E-state index in [2.05, 4.69) is 4.98 Å². The van der Waals surface area contributed by atoms with Crippen molar-refractivity contribution in [2.75, 3.05) is 12.0 Å². The molecular formula is C28H28N2O4. The molecule has 0 radical (unpaired) electrons. The highest BCUT2D eigenvalue weighted by molar-refractivity contribution is 6.51. The predicted octanol–water partition coefficient (Wildman–Crippen LogP) is 5.32. The summed E-state index contributed by atoms with van der Waals surface area (Å²) in [6.45, 7) is 8.00. The van der Waals surface area contributed by atoms with Crippen LogP contribution >= 0.6 is 0 Å². The Labute approximate surface area is 199 Å². The molecule has 1 aliphatic rings. The number of hydrogen-bond donors (Lipinski definition) is 1. The Kier molecular flexibility index (Phi) is 6.00. The maximum absolute atomic E-state index is 13.3. The Hall–Kier alpha value is -3.93. The number of nitrogens with zero attached hydrogens (tertiary/aromatic N) is 2. The second kappa shape index (κ2) is 8.78. The van der Waals surface area contributed by atoms with Gasteiger partial charge in [-0.15, -0.1) is 0 Å². The predicted molar refractivity (Wildman–Crippen MR) is 132 cm³/mol. The molecule has 1 saturated heterocycles. The van der Waals surface area contributed by atoms with Crippen LogP contribution in [-0.4, -0.2) is 28.9 Å². The van der Waals surface area contributed by atoms with E-state index in [1.807, 2.05) is 52.0 Å². The van der Waals surface area contributed by atoms with Gasteiger partial charge in [0.25, 0.3) is 11.7 Å². The number of hydrogen-bond acceptors (Lipinski definition) is 5. The van der Waals surface area contributed by atoms with Gasteiger partial charge in [-0.3, -0.25) is 19.5 Å². The first kappa shape index (κ1) is 23.2. The lowest BCUT2D eigenvalue weighted by molar-refractivity contribution is -0.132. The molecule has 174 valence electrons. The van der Waals surface area contributed by atoms with Gasteiger partial charge < -0.3 is 9.84 Å². The molecule has 1 aromatic heterocycles. The quantitative estimate of drug-likeness (QED) is 0.326. The monoisotopic (exact) mass is 456 g/mol. The van der Waals surface area contributed by atoms with Crippen LogP contribution in [0.5, 0.6) is 5.75 Å². The van der Waals surface area contributed by atoms with Crippen LogP contribution in [0.2, 0.25) is 0 Å². The van der Waals surface area contributed by atoms with Crippen molar-refractivity contribution < 1.29 is 19.4 Å². The second-order valence-electron chi connectivity index (χ2n) is 9.38. The SMILES string of the molecule is COc1ccc(/C(O)=C2/C(=O)C(=O)N(c3ccccc3C)C2c2ccccn2)cc1C(C)(C)C. The molecule has 0 aliphatic carbocycles. The van der Waals surface area contributed by atoms with E-state index in [-0.39, 0.29) is 16.7 Å². The van der Waals surface area contributed by atoms with Gasteiger partial charge in [0.1, 0.15) is 17.6 Å². The van der Waals surface area contributed by atoms with Gasteiger partial charge in [-0.25, -0.2) is 0 Å². The molecule has 1 atom stereocenters. The maximum atomic E-state index is 13.3. The largest absolute Gasteiger partial charge is 0.507 e. The van der Waals surface area contributed by atoms with E-state index in [0.29, 0.717) is 22.7 Å². The molecule has 0 spiro atoms. The Morgan fingerprint density at radius 1 is 1.03 bits per heavy atom. The lowest BCUT2D eigenvalue weighted by Crippen LogP contribution is -2.30. The minimum Gasteiger partial charge on any atom is -0.507 e. The zero-order chi connectivity index (χ0) is 24.6. The highest BCUT2D eigenvalue weighted by Crippen LogP contribution is 2.43. The molecule has 3 aromatic rings. The van der Waals surface area contributed by atoms with Crippen LogP contribution in [0, 0.1) is 6.92 Å². The van der Waals surface area contributed by atoms with Gasteiger partial charge in [-0.1, -0.05) is 45.0 Å². The van der Waals surface area contributed by atoms with Crippen LogP contribution in [0.25, 0.3) is 5.76 Å². The summed E-state index contributed by atoms with van der Waals surface area (Å²) in [5.41, 5.74) is 2.99. The van der Waals surface area contributed by atoms with Crippen LogP contribution in [-0.2, 0) is 15.0 Å². The highest BCUT2D eigenvalue weighted by Gasteiger charge is 2.48. The molecule has 0 saturated carbocycles. The van der Waals surface area contributed by atoms with E-state index < -0.39 is 17.7 Å². The number of Topliss-reactive ketones (excluding diaryl/α,β-unsaturated/α-hetero) is 1. The molecule has 2 heterocycles. The van der Waals surface area contributed by atoms with E-state index in [1.165, 1.54) is 4.90 Å². The normalized spacial score (nSPS) is 17.8. The van der Waals surface area contributed by atoms with E-state index in [4.69, 9.17) is 4.74 Å². The molecule has 6 heteroatoms. The average Bonchev–Trinajstić information content (AvgIpc) is 3.09. The minimum atomic E-state index is -0.859. The smallest absolute Gasteiger partial charge is 0.300 e. The number of ether oxygens (including phenoxy) is 1. The van der Waals surface area contributed by atoms with Gasteiger partial charge in [-0.2, -0.15) is 0 Å². The number of aliphatic hydroxyl groups is 1. The molecule has 1 fully saturated rings. The van der Waals surface area contributed by atoms with Gasteiger partial charge in [0.05, 0.1) is 18.4 Å². The molecule has 1 amide bonds. The van der Waals surface area contributed by atoms with Crippen molar-refractivity contribution in [1.82, 2.24) is 4.98 Å². The van der Waals surface area contributed by atoms with Crippen molar-refractivity contribution in [2.24, 2.45) is 0 Å². The summed E-state index contributed by atoms with van der Waals surface area (Å²) < 4.78 is 5.51. The first-order valence-electron chi connectivity index (χ1n) is 11.1. The van der Waals surface area contributed by atoms with Crippen LogP contribution in [0.3, 0.4) is 0 Å². The van der Waals surface area contributed by atoms with Crippen molar-refractivity contribution in [3.8, 4) is 5.75 Å². The van der Waals surface area contributed by atoms with E-state index in [0.717, 1.165) is 11.1 Å². The lowest BCUT2D eigenvalue weighted by Gasteiger charge is -2.26. The van der Waals surface area contributed by atoms with E-state index >= 15 is 0 Å². The maximum Gasteiger partial charge on any atom is 0.300 e. The number of aromatic nitrogens is 1. The molecule has 1 N–H and O–H groups in total. The third-order valence-corrected chi connectivity index (χ3v) is 6.07. The standard InChI is InChI=1S/C28H28N2O4/c1-17-10-6-7-12-21(17)30-24(20-11-8-9-15-29-20)23(26(32)27(30)33)25(31)18-13-14-22(34-5)19(16-18)28(2,3)4/h6-16,24,31H,1-5H3/b25-23-. The van der Waals surface area contributed by atoms with Crippen molar-refractivity contribution in [3.63, 3.8) is 0 Å². The summed E-state index contributed by atoms with van der Waals surface area (Å²) >= 11 is 0. The van der Waals surface area contributed by atoms with Crippen LogP contribution in [0.1, 0.15) is 49.2 Å². The number of rotatable bonds is 4. The van der Waals surface area contributed by atoms with Crippen molar-refractivity contribution in [1.29, 1.82) is 0 Å². The fourth-order valence-corrected chi connectivity index (χ4v) is 4.33.